The number of carbonyl (C=O) groups is 1. The minimum absolute atomic E-state index is 0.0198. The fourth-order valence-corrected chi connectivity index (χ4v) is 2.55. The van der Waals surface area contributed by atoms with Crippen LogP contribution in [0.5, 0.6) is 17.2 Å². The van der Waals surface area contributed by atoms with Crippen molar-refractivity contribution in [3.63, 3.8) is 0 Å². The molecule has 1 heterocycles. The van der Waals surface area contributed by atoms with Gasteiger partial charge < -0.3 is 19.5 Å². The number of carbonyl (C=O) groups excluding carboxylic acids is 1. The van der Waals surface area contributed by atoms with Crippen LogP contribution in [0, 0.1) is 13.8 Å². The van der Waals surface area contributed by atoms with Gasteiger partial charge in [-0.1, -0.05) is 29.8 Å². The monoisotopic (exact) mass is 327 g/mol. The molecule has 0 saturated heterocycles. The molecule has 1 N–H and O–H groups in total. The van der Waals surface area contributed by atoms with Crippen LogP contribution in [0.15, 0.2) is 42.5 Å². The van der Waals surface area contributed by atoms with Gasteiger partial charge in [-0.2, -0.15) is 0 Å². The van der Waals surface area contributed by atoms with Crippen LogP contribution < -0.4 is 19.5 Å². The minimum atomic E-state index is -0.204. The second-order valence-electron chi connectivity index (χ2n) is 5.86. The Kier molecular flexibility index (Phi) is 4.89. The summed E-state index contributed by atoms with van der Waals surface area (Å²) in [7, 11) is 0. The van der Waals surface area contributed by atoms with Gasteiger partial charge in [0.1, 0.15) is 18.5 Å². The second-order valence-corrected chi connectivity index (χ2v) is 5.86. The molecule has 126 valence electrons. The maximum Gasteiger partial charge on any atom is 0.258 e. The molecule has 1 unspecified atom stereocenters. The minimum Gasteiger partial charge on any atom is -0.486 e. The lowest BCUT2D eigenvalue weighted by Crippen LogP contribution is -2.42. The lowest BCUT2D eigenvalue weighted by molar-refractivity contribution is -0.123. The van der Waals surface area contributed by atoms with Gasteiger partial charge in [0, 0.05) is 0 Å². The molecule has 5 heteroatoms. The van der Waals surface area contributed by atoms with Crippen LogP contribution in [0.25, 0.3) is 0 Å². The maximum absolute atomic E-state index is 12.0. The van der Waals surface area contributed by atoms with E-state index < -0.39 is 0 Å². The van der Waals surface area contributed by atoms with E-state index in [0.717, 1.165) is 17.1 Å². The van der Waals surface area contributed by atoms with E-state index >= 15 is 0 Å². The zero-order valence-corrected chi connectivity index (χ0v) is 13.9. The highest BCUT2D eigenvalue weighted by Crippen LogP contribution is 2.30. The third kappa shape index (κ3) is 3.98. The normalized spacial score (nSPS) is 15.7. The molecule has 3 rings (SSSR count). The average Bonchev–Trinajstić information content (AvgIpc) is 2.59. The van der Waals surface area contributed by atoms with Crippen LogP contribution in [-0.4, -0.2) is 31.8 Å². The Bertz CT molecular complexity index is 729. The number of hydrogen-bond donors (Lipinski definition) is 1. The average molecular weight is 327 g/mol. The molecule has 24 heavy (non-hydrogen) atoms. The largest absolute Gasteiger partial charge is 0.486 e. The number of amides is 1. The molecule has 0 aromatic heterocycles. The van der Waals surface area contributed by atoms with Crippen molar-refractivity contribution in [3.8, 4) is 17.2 Å². The first-order chi connectivity index (χ1) is 11.6. The number of para-hydroxylation sites is 2. The van der Waals surface area contributed by atoms with Gasteiger partial charge in [-0.15, -0.1) is 0 Å². The third-order valence-electron chi connectivity index (χ3n) is 3.78. The molecule has 0 radical (unpaired) electrons. The summed E-state index contributed by atoms with van der Waals surface area (Å²) in [5, 5.41) is 2.82. The van der Waals surface area contributed by atoms with Gasteiger partial charge in [-0.25, -0.2) is 0 Å². The van der Waals surface area contributed by atoms with Crippen molar-refractivity contribution in [2.24, 2.45) is 0 Å². The van der Waals surface area contributed by atoms with E-state index in [1.165, 1.54) is 5.56 Å². The topological polar surface area (TPSA) is 56.8 Å². The van der Waals surface area contributed by atoms with Crippen molar-refractivity contribution in [1.82, 2.24) is 5.32 Å². The first-order valence-corrected chi connectivity index (χ1v) is 7.97. The maximum atomic E-state index is 12.0. The number of rotatable bonds is 5. The fourth-order valence-electron chi connectivity index (χ4n) is 2.55. The molecule has 0 aliphatic carbocycles. The Morgan fingerprint density at radius 1 is 1.21 bits per heavy atom. The van der Waals surface area contributed by atoms with Crippen LogP contribution in [0.2, 0.25) is 0 Å². The lowest BCUT2D eigenvalue weighted by atomic mass is 10.1. The summed E-state index contributed by atoms with van der Waals surface area (Å²) in [5.41, 5.74) is 2.18. The summed E-state index contributed by atoms with van der Waals surface area (Å²) in [6, 6.07) is 13.4. The van der Waals surface area contributed by atoms with Gasteiger partial charge >= 0.3 is 0 Å². The highest BCUT2D eigenvalue weighted by Gasteiger charge is 2.21. The molecular weight excluding hydrogens is 306 g/mol. The number of benzene rings is 2. The summed E-state index contributed by atoms with van der Waals surface area (Å²) in [6.07, 6.45) is -0.204. The van der Waals surface area contributed by atoms with Crippen molar-refractivity contribution in [2.75, 3.05) is 19.8 Å². The van der Waals surface area contributed by atoms with E-state index in [1.807, 2.05) is 56.3 Å². The zero-order chi connectivity index (χ0) is 16.9. The summed E-state index contributed by atoms with van der Waals surface area (Å²) in [5.74, 6) is 1.98. The van der Waals surface area contributed by atoms with Crippen LogP contribution >= 0.6 is 0 Å². The molecule has 0 spiro atoms. The smallest absolute Gasteiger partial charge is 0.258 e. The number of ether oxygens (including phenoxy) is 3. The Morgan fingerprint density at radius 3 is 2.79 bits per heavy atom. The van der Waals surface area contributed by atoms with E-state index in [9.17, 15) is 4.79 Å². The van der Waals surface area contributed by atoms with E-state index in [4.69, 9.17) is 14.2 Å². The molecule has 5 nitrogen and oxygen atoms in total. The number of hydrogen-bond acceptors (Lipinski definition) is 4. The van der Waals surface area contributed by atoms with Crippen molar-refractivity contribution in [2.45, 2.75) is 20.0 Å². The standard InChI is InChI=1S/C19H21NO4/c1-13-7-8-16(14(2)9-13)23-12-19(21)20-10-15-11-22-17-5-3-4-6-18(17)24-15/h3-9,15H,10-12H2,1-2H3,(H,20,21). The third-order valence-corrected chi connectivity index (χ3v) is 3.78. The number of fused-ring (bicyclic) bond motifs is 1. The van der Waals surface area contributed by atoms with Gasteiger partial charge in [0.15, 0.2) is 18.1 Å². The second kappa shape index (κ2) is 7.25. The van der Waals surface area contributed by atoms with E-state index in [0.29, 0.717) is 18.9 Å². The lowest BCUT2D eigenvalue weighted by Gasteiger charge is -2.26. The predicted octanol–water partition coefficient (Wildman–Crippen LogP) is 2.64. The van der Waals surface area contributed by atoms with Crippen LogP contribution in [0.3, 0.4) is 0 Å². The molecule has 2 aromatic rings. The quantitative estimate of drug-likeness (QED) is 0.917. The molecule has 0 fully saturated rings. The van der Waals surface area contributed by atoms with Crippen molar-refractivity contribution < 1.29 is 19.0 Å². The van der Waals surface area contributed by atoms with E-state index in [1.54, 1.807) is 0 Å². The number of aryl methyl sites for hydroxylation is 2. The molecule has 1 aliphatic heterocycles. The SMILES string of the molecule is Cc1ccc(OCC(=O)NCC2COc3ccccc3O2)c(C)c1. The summed E-state index contributed by atoms with van der Waals surface area (Å²) in [6.45, 7) is 4.76. The van der Waals surface area contributed by atoms with Gasteiger partial charge in [0.25, 0.3) is 5.91 Å². The first kappa shape index (κ1) is 16.2. The molecule has 2 aromatic carbocycles. The number of nitrogens with one attached hydrogen (secondary N) is 1. The van der Waals surface area contributed by atoms with Crippen molar-refractivity contribution in [1.29, 1.82) is 0 Å². The molecule has 1 atom stereocenters. The van der Waals surface area contributed by atoms with Gasteiger partial charge in [0.05, 0.1) is 6.54 Å². The molecule has 1 amide bonds. The molecule has 1 aliphatic rings. The van der Waals surface area contributed by atoms with E-state index in [2.05, 4.69) is 5.32 Å². The van der Waals surface area contributed by atoms with Gasteiger partial charge in [-0.05, 0) is 37.6 Å². The molecule has 0 bridgehead atoms. The fraction of sp³-hybridized carbons (Fsp3) is 0.316. The van der Waals surface area contributed by atoms with Crippen molar-refractivity contribution in [3.05, 3.63) is 53.6 Å². The first-order valence-electron chi connectivity index (χ1n) is 7.97. The zero-order valence-electron chi connectivity index (χ0n) is 13.9. The Morgan fingerprint density at radius 2 is 2.00 bits per heavy atom. The Balaban J connectivity index is 1.45. The Hall–Kier alpha value is -2.69. The predicted molar refractivity (Wildman–Crippen MR) is 90.8 cm³/mol. The van der Waals surface area contributed by atoms with Gasteiger partial charge in [-0.3, -0.25) is 4.79 Å². The summed E-state index contributed by atoms with van der Waals surface area (Å²) >= 11 is 0. The summed E-state index contributed by atoms with van der Waals surface area (Å²) in [4.78, 5) is 12.0. The van der Waals surface area contributed by atoms with Crippen LogP contribution in [0.1, 0.15) is 11.1 Å². The molecular formula is C19H21NO4. The highest BCUT2D eigenvalue weighted by atomic mass is 16.6. The van der Waals surface area contributed by atoms with E-state index in [-0.39, 0.29) is 18.6 Å². The highest BCUT2D eigenvalue weighted by molar-refractivity contribution is 5.77. The van der Waals surface area contributed by atoms with Crippen LogP contribution in [0.4, 0.5) is 0 Å². The Labute approximate surface area is 141 Å². The molecule has 0 saturated carbocycles. The van der Waals surface area contributed by atoms with Crippen LogP contribution in [-0.2, 0) is 4.79 Å². The van der Waals surface area contributed by atoms with Crippen molar-refractivity contribution >= 4 is 5.91 Å². The summed E-state index contributed by atoms with van der Waals surface area (Å²) < 4.78 is 17.0. The van der Waals surface area contributed by atoms with Gasteiger partial charge in [0.2, 0.25) is 0 Å².